The van der Waals surface area contributed by atoms with E-state index in [4.69, 9.17) is 9.47 Å². The minimum atomic E-state index is -0.0513. The van der Waals surface area contributed by atoms with Gasteiger partial charge in [-0.1, -0.05) is 0 Å². The summed E-state index contributed by atoms with van der Waals surface area (Å²) in [6, 6.07) is 5.35. The molecule has 2 aliphatic rings. The molecule has 7 nitrogen and oxygen atoms in total. The van der Waals surface area contributed by atoms with Gasteiger partial charge in [-0.3, -0.25) is 9.59 Å². The second-order valence-electron chi connectivity index (χ2n) is 7.74. The third-order valence-electron chi connectivity index (χ3n) is 5.91. The molecule has 0 aromatic heterocycles. The Morgan fingerprint density at radius 2 is 1.54 bits per heavy atom. The highest BCUT2D eigenvalue weighted by atomic mass is 16.5. The lowest BCUT2D eigenvalue weighted by Gasteiger charge is -2.36. The lowest BCUT2D eigenvalue weighted by atomic mass is 9.80. The average molecular weight is 389 g/mol. The van der Waals surface area contributed by atoms with Crippen molar-refractivity contribution in [2.75, 3.05) is 52.8 Å². The van der Waals surface area contributed by atoms with E-state index in [1.54, 1.807) is 26.4 Å². The van der Waals surface area contributed by atoms with Gasteiger partial charge < -0.3 is 24.6 Å². The smallest absolute Gasteiger partial charge is 0.227 e. The second-order valence-corrected chi connectivity index (χ2v) is 7.74. The van der Waals surface area contributed by atoms with Gasteiger partial charge in [0.25, 0.3) is 0 Å². The molecule has 1 aromatic rings. The monoisotopic (exact) mass is 389 g/mol. The van der Waals surface area contributed by atoms with Crippen LogP contribution in [0.15, 0.2) is 18.2 Å². The van der Waals surface area contributed by atoms with Gasteiger partial charge in [0.15, 0.2) is 11.5 Å². The van der Waals surface area contributed by atoms with Gasteiger partial charge in [0.1, 0.15) is 0 Å². The van der Waals surface area contributed by atoms with Crippen molar-refractivity contribution in [3.63, 3.8) is 0 Å². The van der Waals surface area contributed by atoms with Crippen LogP contribution in [-0.2, 0) is 9.59 Å². The first-order valence-electron chi connectivity index (χ1n) is 10.0. The number of hydrogen-bond acceptors (Lipinski definition) is 5. The average Bonchev–Trinajstić information content (AvgIpc) is 2.73. The van der Waals surface area contributed by atoms with Crippen molar-refractivity contribution in [3.05, 3.63) is 18.2 Å². The third-order valence-corrected chi connectivity index (χ3v) is 5.91. The number of carbonyl (C=O) groups is 2. The molecule has 0 atom stereocenters. The van der Waals surface area contributed by atoms with Crippen LogP contribution in [0.25, 0.3) is 0 Å². The van der Waals surface area contributed by atoms with Gasteiger partial charge in [0, 0.05) is 49.8 Å². The van der Waals surface area contributed by atoms with Crippen LogP contribution >= 0.6 is 0 Å². The van der Waals surface area contributed by atoms with Crippen LogP contribution in [0.2, 0.25) is 0 Å². The molecule has 1 aliphatic heterocycles. The summed E-state index contributed by atoms with van der Waals surface area (Å²) in [5.41, 5.74) is 0.693. The lowest BCUT2D eigenvalue weighted by molar-refractivity contribution is -0.139. The third kappa shape index (κ3) is 4.76. The SMILES string of the molecule is COc1ccc(NC(=O)C2CCC(C(=O)N3CCN(C)CC3)CC2)cc1OC. The highest BCUT2D eigenvalue weighted by Gasteiger charge is 2.33. The summed E-state index contributed by atoms with van der Waals surface area (Å²) in [4.78, 5) is 29.6. The van der Waals surface area contributed by atoms with Crippen LogP contribution in [0.3, 0.4) is 0 Å². The maximum absolute atomic E-state index is 12.7. The molecule has 1 N–H and O–H groups in total. The lowest BCUT2D eigenvalue weighted by Crippen LogP contribution is -2.49. The maximum atomic E-state index is 12.7. The number of rotatable bonds is 5. The zero-order chi connectivity index (χ0) is 20.1. The van der Waals surface area contributed by atoms with Gasteiger partial charge >= 0.3 is 0 Å². The number of piperazine rings is 1. The van der Waals surface area contributed by atoms with Gasteiger partial charge in [-0.2, -0.15) is 0 Å². The molecule has 1 saturated carbocycles. The van der Waals surface area contributed by atoms with E-state index in [1.165, 1.54) is 0 Å². The molecule has 0 bridgehead atoms. The van der Waals surface area contributed by atoms with Gasteiger partial charge in [0.2, 0.25) is 11.8 Å². The van der Waals surface area contributed by atoms with E-state index in [0.717, 1.165) is 51.9 Å². The van der Waals surface area contributed by atoms with Crippen LogP contribution < -0.4 is 14.8 Å². The fraction of sp³-hybridized carbons (Fsp3) is 0.619. The number of methoxy groups -OCH3 is 2. The first-order chi connectivity index (χ1) is 13.5. The van der Waals surface area contributed by atoms with E-state index >= 15 is 0 Å². The van der Waals surface area contributed by atoms with E-state index in [2.05, 4.69) is 17.3 Å². The summed E-state index contributed by atoms with van der Waals surface area (Å²) < 4.78 is 10.5. The van der Waals surface area contributed by atoms with Crippen molar-refractivity contribution in [1.29, 1.82) is 0 Å². The predicted molar refractivity (Wildman–Crippen MR) is 108 cm³/mol. The Kier molecular flexibility index (Phi) is 6.78. The second kappa shape index (κ2) is 9.28. The molecule has 1 aromatic carbocycles. The molecular formula is C21H31N3O4. The summed E-state index contributed by atoms with van der Waals surface area (Å²) in [6.07, 6.45) is 3.08. The number of likely N-dealkylation sites (N-methyl/N-ethyl adjacent to an activating group) is 1. The topological polar surface area (TPSA) is 71.1 Å². The normalized spacial score (nSPS) is 23.2. The molecule has 0 radical (unpaired) electrons. The standard InChI is InChI=1S/C21H31N3O4/c1-23-10-12-24(13-11-23)21(26)16-6-4-15(5-7-16)20(25)22-17-8-9-18(27-2)19(14-17)28-3/h8-9,14-16H,4-7,10-13H2,1-3H3,(H,22,25). The number of anilines is 1. The summed E-state index contributed by atoms with van der Waals surface area (Å²) in [6.45, 7) is 3.51. The molecule has 3 rings (SSSR count). The van der Waals surface area contributed by atoms with Crippen LogP contribution in [0.4, 0.5) is 5.69 Å². The number of amides is 2. The Morgan fingerprint density at radius 1 is 0.929 bits per heavy atom. The predicted octanol–water partition coefficient (Wildman–Crippen LogP) is 2.22. The molecule has 7 heteroatoms. The Morgan fingerprint density at radius 3 is 2.14 bits per heavy atom. The molecule has 28 heavy (non-hydrogen) atoms. The number of nitrogens with one attached hydrogen (secondary N) is 1. The van der Waals surface area contributed by atoms with E-state index in [1.807, 2.05) is 11.0 Å². The van der Waals surface area contributed by atoms with Crippen molar-refractivity contribution in [1.82, 2.24) is 9.80 Å². The highest BCUT2D eigenvalue weighted by Crippen LogP contribution is 2.33. The Bertz CT molecular complexity index is 693. The van der Waals surface area contributed by atoms with Gasteiger partial charge in [-0.25, -0.2) is 0 Å². The molecular weight excluding hydrogens is 358 g/mol. The molecule has 154 valence electrons. The Balaban J connectivity index is 1.50. The van der Waals surface area contributed by atoms with E-state index in [0.29, 0.717) is 17.2 Å². The van der Waals surface area contributed by atoms with Gasteiger partial charge in [-0.05, 0) is 44.9 Å². The van der Waals surface area contributed by atoms with E-state index in [9.17, 15) is 9.59 Å². The summed E-state index contributed by atoms with van der Waals surface area (Å²) in [5, 5.41) is 2.97. The van der Waals surface area contributed by atoms with Gasteiger partial charge in [0.05, 0.1) is 14.2 Å². The largest absolute Gasteiger partial charge is 0.493 e. The van der Waals surface area contributed by atoms with Crippen molar-refractivity contribution in [3.8, 4) is 11.5 Å². The Hall–Kier alpha value is -2.28. The van der Waals surface area contributed by atoms with Crippen molar-refractivity contribution < 1.29 is 19.1 Å². The molecule has 1 aliphatic carbocycles. The Labute approximate surface area is 167 Å². The number of hydrogen-bond donors (Lipinski definition) is 1. The molecule has 1 heterocycles. The quantitative estimate of drug-likeness (QED) is 0.836. The minimum absolute atomic E-state index is 0.0118. The zero-order valence-corrected chi connectivity index (χ0v) is 17.1. The summed E-state index contributed by atoms with van der Waals surface area (Å²) >= 11 is 0. The maximum Gasteiger partial charge on any atom is 0.227 e. The number of carbonyl (C=O) groups excluding carboxylic acids is 2. The van der Waals surface area contributed by atoms with Crippen LogP contribution in [-0.4, -0.2) is 69.1 Å². The molecule has 0 unspecified atom stereocenters. The van der Waals surface area contributed by atoms with Gasteiger partial charge in [-0.15, -0.1) is 0 Å². The summed E-state index contributed by atoms with van der Waals surface area (Å²) in [5.74, 6) is 1.51. The molecule has 1 saturated heterocycles. The summed E-state index contributed by atoms with van der Waals surface area (Å²) in [7, 11) is 5.24. The minimum Gasteiger partial charge on any atom is -0.493 e. The number of nitrogens with zero attached hydrogens (tertiary/aromatic N) is 2. The molecule has 2 amide bonds. The van der Waals surface area contributed by atoms with Crippen molar-refractivity contribution in [2.45, 2.75) is 25.7 Å². The first kappa shape index (κ1) is 20.5. The number of ether oxygens (including phenoxy) is 2. The van der Waals surface area contributed by atoms with Crippen LogP contribution in [0, 0.1) is 11.8 Å². The molecule has 2 fully saturated rings. The van der Waals surface area contributed by atoms with Crippen LogP contribution in [0.5, 0.6) is 11.5 Å². The fourth-order valence-electron chi connectivity index (χ4n) is 4.05. The fourth-order valence-corrected chi connectivity index (χ4v) is 4.05. The van der Waals surface area contributed by atoms with Crippen molar-refractivity contribution >= 4 is 17.5 Å². The first-order valence-corrected chi connectivity index (χ1v) is 10.0. The number of benzene rings is 1. The van der Waals surface area contributed by atoms with Crippen LogP contribution in [0.1, 0.15) is 25.7 Å². The van der Waals surface area contributed by atoms with E-state index < -0.39 is 0 Å². The highest BCUT2D eigenvalue weighted by molar-refractivity contribution is 5.93. The molecule has 0 spiro atoms. The van der Waals surface area contributed by atoms with E-state index in [-0.39, 0.29) is 23.7 Å². The zero-order valence-electron chi connectivity index (χ0n) is 17.1. The van der Waals surface area contributed by atoms with Crippen molar-refractivity contribution in [2.24, 2.45) is 11.8 Å².